The third kappa shape index (κ3) is 18.5. The molecule has 14 heavy (non-hydrogen) atoms. The Bertz CT molecular complexity index is 177. The molecular weight excluding hydrogens is 253 g/mol. The monoisotopic (exact) mass is 273 g/mol. The second kappa shape index (κ2) is 10.3. The molecule has 0 heterocycles. The molecule has 0 aliphatic heterocycles. The van der Waals surface area contributed by atoms with E-state index in [-0.39, 0.29) is 30.4 Å². The Hall–Kier alpha value is 0.734. The van der Waals surface area contributed by atoms with Crippen LogP contribution < -0.4 is 5.73 Å². The van der Waals surface area contributed by atoms with Crippen molar-refractivity contribution in [2.75, 3.05) is 0 Å². The molecule has 1 rings (SSSR count). The summed E-state index contributed by atoms with van der Waals surface area (Å²) in [7, 11) is 0. The van der Waals surface area contributed by atoms with Crippen LogP contribution in [0, 0.1) is 0 Å². The molecule has 0 fully saturated rings. The summed E-state index contributed by atoms with van der Waals surface area (Å²) in [5, 5.41) is 2.32. The Kier molecular flexibility index (Phi) is 14.8. The second-order valence-electron chi connectivity index (χ2n) is 3.94. The van der Waals surface area contributed by atoms with Crippen LogP contribution in [-0.4, -0.2) is 5.54 Å². The zero-order chi connectivity index (χ0) is 9.61. The normalized spacial score (nSPS) is 12.8. The minimum absolute atomic E-state index is 0. The fraction of sp³-hybridized carbons (Fsp3) is 0.600. The Morgan fingerprint density at radius 3 is 1.86 bits per heavy atom. The van der Waals surface area contributed by atoms with Crippen molar-refractivity contribution in [3.8, 4) is 0 Å². The molecule has 1 aliphatic carbocycles. The summed E-state index contributed by atoms with van der Waals surface area (Å²) >= 11 is 0.292. The van der Waals surface area contributed by atoms with Crippen molar-refractivity contribution in [1.29, 1.82) is 0 Å². The molecule has 0 aromatic carbocycles. The van der Waals surface area contributed by atoms with E-state index in [9.17, 15) is 0 Å². The zero-order valence-corrected chi connectivity index (χ0v) is 12.5. The molecule has 2 N–H and O–H groups in total. The van der Waals surface area contributed by atoms with Crippen LogP contribution in [-0.2, 0) is 19.2 Å². The van der Waals surface area contributed by atoms with Crippen LogP contribution in [0.2, 0.25) is 5.23 Å². The molecule has 84 valence electrons. The average Bonchev–Trinajstić information content (AvgIpc) is 2.33. The first-order valence-corrected chi connectivity index (χ1v) is 6.60. The summed E-state index contributed by atoms with van der Waals surface area (Å²) in [6.07, 6.45) is 7.88. The number of nitrogens with two attached hydrogens (primary N) is 1. The average molecular weight is 274 g/mol. The molecule has 0 saturated heterocycles. The van der Waals surface area contributed by atoms with Crippen LogP contribution in [0.15, 0.2) is 22.1 Å². The summed E-state index contributed by atoms with van der Waals surface area (Å²) in [5.41, 5.74) is 5.35. The van der Waals surface area contributed by atoms with Gasteiger partial charge in [0.05, 0.1) is 0 Å². The molecule has 0 unspecified atom stereocenters. The van der Waals surface area contributed by atoms with Gasteiger partial charge in [-0.25, -0.2) is 0 Å². The Labute approximate surface area is 109 Å². The number of halogens is 2. The third-order valence-electron chi connectivity index (χ3n) is 1.09. The maximum absolute atomic E-state index is 5.35. The number of hydrogen-bond acceptors (Lipinski definition) is 1. The minimum atomic E-state index is 0. The fourth-order valence-electron chi connectivity index (χ4n) is 0.633. The van der Waals surface area contributed by atoms with E-state index in [1.165, 1.54) is 6.42 Å². The molecule has 1 nitrogen and oxygen atoms in total. The Balaban J connectivity index is -0.000000159. The van der Waals surface area contributed by atoms with E-state index in [1.54, 1.807) is 3.88 Å². The maximum atomic E-state index is 5.35. The van der Waals surface area contributed by atoms with E-state index in [1.807, 2.05) is 20.8 Å². The van der Waals surface area contributed by atoms with Gasteiger partial charge in [0.2, 0.25) is 0 Å². The Morgan fingerprint density at radius 2 is 1.71 bits per heavy atom. The van der Waals surface area contributed by atoms with Gasteiger partial charge in [-0.05, 0) is 20.8 Å². The summed E-state index contributed by atoms with van der Waals surface area (Å²) in [6, 6.07) is 0. The van der Waals surface area contributed by atoms with Gasteiger partial charge in [-0.3, -0.25) is 0 Å². The fourth-order valence-corrected chi connectivity index (χ4v) is 1.55. The molecule has 4 heteroatoms. The third-order valence-corrected chi connectivity index (χ3v) is 2.67. The Morgan fingerprint density at radius 1 is 1.29 bits per heavy atom. The predicted molar refractivity (Wildman–Crippen MR) is 66.1 cm³/mol. The standard InChI is InChI=1S/C5H5.C4H11N.CH3.2ClH.Ti/c1-2-4-5-3-1;1-4(2,3)5;;;;/h1-3H,4H2;5H2,1-3H3;1H3;2*1H;. The zero-order valence-electron chi connectivity index (χ0n) is 9.33. The molecule has 0 aromatic heterocycles. The van der Waals surface area contributed by atoms with Crippen molar-refractivity contribution in [3.63, 3.8) is 0 Å². The molecule has 0 bridgehead atoms. The van der Waals surface area contributed by atoms with Crippen LogP contribution >= 0.6 is 24.8 Å². The topological polar surface area (TPSA) is 26.0 Å². The molecule has 0 spiro atoms. The van der Waals surface area contributed by atoms with E-state index in [4.69, 9.17) is 5.73 Å². The van der Waals surface area contributed by atoms with Crippen molar-refractivity contribution in [2.24, 2.45) is 5.73 Å². The molecule has 0 saturated carbocycles. The summed E-state index contributed by atoms with van der Waals surface area (Å²) in [4.78, 5) is 0. The molecule has 0 aromatic rings. The number of allylic oxidation sites excluding steroid dienone is 4. The van der Waals surface area contributed by atoms with Gasteiger partial charge in [0.25, 0.3) is 0 Å². The van der Waals surface area contributed by atoms with E-state index >= 15 is 0 Å². The summed E-state index contributed by atoms with van der Waals surface area (Å²) in [6.45, 7) is 5.90. The van der Waals surface area contributed by atoms with Crippen molar-refractivity contribution in [2.45, 2.75) is 38.0 Å². The second-order valence-corrected chi connectivity index (χ2v) is 5.72. The quantitative estimate of drug-likeness (QED) is 0.727. The molecular formula is C10H21Cl2NTi. The number of rotatable bonds is 1. The first-order chi connectivity index (χ1) is 5.43. The van der Waals surface area contributed by atoms with Crippen LogP contribution in [0.4, 0.5) is 0 Å². The van der Waals surface area contributed by atoms with Crippen LogP contribution in [0.25, 0.3) is 0 Å². The van der Waals surface area contributed by atoms with Gasteiger partial charge in [0.1, 0.15) is 0 Å². The van der Waals surface area contributed by atoms with Crippen LogP contribution in [0.3, 0.4) is 0 Å². The van der Waals surface area contributed by atoms with Gasteiger partial charge < -0.3 is 5.73 Å². The van der Waals surface area contributed by atoms with Gasteiger partial charge in [-0.2, -0.15) is 0 Å². The SMILES string of the molecule is CC(C)(C)N.Cl.Cl.[CH3][Ti][C]1=CC=CC1. The van der Waals surface area contributed by atoms with Crippen molar-refractivity contribution in [1.82, 2.24) is 0 Å². The van der Waals surface area contributed by atoms with E-state index in [0.29, 0.717) is 19.2 Å². The predicted octanol–water partition coefficient (Wildman–Crippen LogP) is 3.55. The van der Waals surface area contributed by atoms with Gasteiger partial charge >= 0.3 is 52.9 Å². The molecule has 0 amide bonds. The van der Waals surface area contributed by atoms with E-state index < -0.39 is 0 Å². The van der Waals surface area contributed by atoms with Crippen molar-refractivity contribution < 1.29 is 19.2 Å². The van der Waals surface area contributed by atoms with E-state index in [2.05, 4.69) is 23.5 Å². The van der Waals surface area contributed by atoms with Crippen molar-refractivity contribution >= 4 is 24.8 Å². The van der Waals surface area contributed by atoms with Gasteiger partial charge in [0, 0.05) is 5.54 Å². The first-order valence-electron chi connectivity index (χ1n) is 4.26. The summed E-state index contributed by atoms with van der Waals surface area (Å²) in [5.74, 6) is 0. The first kappa shape index (κ1) is 20.2. The molecule has 0 radical (unpaired) electrons. The van der Waals surface area contributed by atoms with Gasteiger partial charge in [0.15, 0.2) is 0 Å². The van der Waals surface area contributed by atoms with Crippen LogP contribution in [0.1, 0.15) is 27.2 Å². The van der Waals surface area contributed by atoms with Gasteiger partial charge in [-0.15, -0.1) is 24.8 Å². The van der Waals surface area contributed by atoms with E-state index in [0.717, 1.165) is 0 Å². The number of hydrogen-bond donors (Lipinski definition) is 1. The van der Waals surface area contributed by atoms with Gasteiger partial charge in [-0.1, -0.05) is 0 Å². The summed E-state index contributed by atoms with van der Waals surface area (Å²) < 4.78 is 1.68. The molecule has 0 atom stereocenters. The van der Waals surface area contributed by atoms with Crippen LogP contribution in [0.5, 0.6) is 0 Å². The molecule has 1 aliphatic rings. The van der Waals surface area contributed by atoms with Crippen molar-refractivity contribution in [3.05, 3.63) is 22.1 Å².